The number of ether oxygens (including phenoxy) is 2. The zero-order valence-corrected chi connectivity index (χ0v) is 12.4. The van der Waals surface area contributed by atoms with E-state index < -0.39 is 15.9 Å². The van der Waals surface area contributed by atoms with Gasteiger partial charge < -0.3 is 9.47 Å². The van der Waals surface area contributed by atoms with Gasteiger partial charge in [0.25, 0.3) is 3.79 Å². The third-order valence-electron chi connectivity index (χ3n) is 1.85. The maximum atomic E-state index is 11.3. The van der Waals surface area contributed by atoms with E-state index in [0.717, 1.165) is 0 Å². The average molecular weight is 332 g/mol. The molecule has 0 aromatic heterocycles. The number of benzene rings is 1. The van der Waals surface area contributed by atoms with Crippen molar-refractivity contribution in [2.24, 2.45) is 0 Å². The number of halogens is 4. The van der Waals surface area contributed by atoms with Crippen molar-refractivity contribution in [1.82, 2.24) is 0 Å². The predicted octanol–water partition coefficient (Wildman–Crippen LogP) is 4.02. The Bertz CT molecular complexity index is 417. The van der Waals surface area contributed by atoms with Gasteiger partial charge in [-0.1, -0.05) is 58.5 Å². The first-order chi connectivity index (χ1) is 8.30. The maximum Gasteiger partial charge on any atom is 0.358 e. The van der Waals surface area contributed by atoms with Crippen LogP contribution in [0, 0.1) is 0 Å². The second-order valence-corrected chi connectivity index (χ2v) is 6.14. The first kappa shape index (κ1) is 15.7. The number of esters is 1. The molecule has 18 heavy (non-hydrogen) atoms. The van der Waals surface area contributed by atoms with Gasteiger partial charge in [-0.05, 0) is 19.1 Å². The summed E-state index contributed by atoms with van der Waals surface area (Å²) in [6, 6.07) is 6.95. The fourth-order valence-corrected chi connectivity index (χ4v) is 1.38. The molecule has 0 radical (unpaired) electrons. The standard InChI is InChI=1S/C11H10Cl4O3/c1-7(18-10(16)11(13,14)15)6-17-9-5-3-2-4-8(9)12/h2-5,7H,6H2,1H3/t7-/m0/s1. The summed E-state index contributed by atoms with van der Waals surface area (Å²) in [6.45, 7) is 1.72. The molecule has 1 rings (SSSR count). The Balaban J connectivity index is 2.45. The highest BCUT2D eigenvalue weighted by Gasteiger charge is 2.33. The lowest BCUT2D eigenvalue weighted by Gasteiger charge is -2.17. The zero-order chi connectivity index (χ0) is 13.8. The molecular formula is C11H10Cl4O3. The quantitative estimate of drug-likeness (QED) is 0.617. The van der Waals surface area contributed by atoms with E-state index in [1.807, 2.05) is 0 Å². The van der Waals surface area contributed by atoms with Gasteiger partial charge >= 0.3 is 5.97 Å². The van der Waals surface area contributed by atoms with Crippen LogP contribution in [0.3, 0.4) is 0 Å². The SMILES string of the molecule is C[C@@H](COc1ccccc1Cl)OC(=O)C(Cl)(Cl)Cl. The molecule has 0 N–H and O–H groups in total. The molecule has 7 heteroatoms. The van der Waals surface area contributed by atoms with E-state index in [2.05, 4.69) is 0 Å². The molecule has 0 aliphatic carbocycles. The second kappa shape index (κ2) is 6.71. The molecule has 0 saturated heterocycles. The van der Waals surface area contributed by atoms with Crippen molar-refractivity contribution in [2.75, 3.05) is 6.61 Å². The minimum absolute atomic E-state index is 0.107. The van der Waals surface area contributed by atoms with E-state index in [1.165, 1.54) is 0 Å². The van der Waals surface area contributed by atoms with Gasteiger partial charge in [-0.3, -0.25) is 0 Å². The van der Waals surface area contributed by atoms with Crippen molar-refractivity contribution in [1.29, 1.82) is 0 Å². The van der Waals surface area contributed by atoms with Gasteiger partial charge in [-0.25, -0.2) is 4.79 Å². The molecule has 1 aromatic rings. The Kier molecular flexibility index (Phi) is 5.86. The third-order valence-corrected chi connectivity index (χ3v) is 2.63. The van der Waals surface area contributed by atoms with Crippen LogP contribution in [0.4, 0.5) is 0 Å². The van der Waals surface area contributed by atoms with E-state index >= 15 is 0 Å². The number of alkyl halides is 3. The van der Waals surface area contributed by atoms with Gasteiger partial charge in [-0.2, -0.15) is 0 Å². The Hall–Kier alpha value is -0.350. The largest absolute Gasteiger partial charge is 0.488 e. The molecule has 0 saturated carbocycles. The number of carbonyl (C=O) groups excluding carboxylic acids is 1. The van der Waals surface area contributed by atoms with E-state index in [4.69, 9.17) is 55.9 Å². The summed E-state index contributed by atoms with van der Waals surface area (Å²) in [5, 5.41) is 0.470. The van der Waals surface area contributed by atoms with Crippen LogP contribution in [0.5, 0.6) is 5.75 Å². The number of hydrogen-bond donors (Lipinski definition) is 0. The predicted molar refractivity (Wildman–Crippen MR) is 72.8 cm³/mol. The second-order valence-electron chi connectivity index (χ2n) is 3.46. The monoisotopic (exact) mass is 330 g/mol. The summed E-state index contributed by atoms with van der Waals surface area (Å²) in [5.41, 5.74) is 0. The van der Waals surface area contributed by atoms with E-state index in [0.29, 0.717) is 10.8 Å². The first-order valence-corrected chi connectivity index (χ1v) is 6.47. The normalized spacial score (nSPS) is 12.9. The van der Waals surface area contributed by atoms with E-state index in [9.17, 15) is 4.79 Å². The van der Waals surface area contributed by atoms with Crippen LogP contribution in [0.1, 0.15) is 6.92 Å². The highest BCUT2D eigenvalue weighted by molar-refractivity contribution is 6.75. The van der Waals surface area contributed by atoms with Gasteiger partial charge in [-0.15, -0.1) is 0 Å². The molecule has 0 fully saturated rings. The lowest BCUT2D eigenvalue weighted by molar-refractivity contribution is -0.148. The molecule has 0 amide bonds. The fourth-order valence-electron chi connectivity index (χ4n) is 1.05. The van der Waals surface area contributed by atoms with Crippen molar-refractivity contribution in [3.8, 4) is 5.75 Å². The summed E-state index contributed by atoms with van der Waals surface area (Å²) in [5.74, 6) is -0.446. The van der Waals surface area contributed by atoms with E-state index in [1.54, 1.807) is 31.2 Å². The highest BCUT2D eigenvalue weighted by Crippen LogP contribution is 2.28. The molecule has 1 atom stereocenters. The molecule has 0 unspecified atom stereocenters. The van der Waals surface area contributed by atoms with Crippen molar-refractivity contribution < 1.29 is 14.3 Å². The highest BCUT2D eigenvalue weighted by atomic mass is 35.6. The minimum atomic E-state index is -2.08. The molecule has 3 nitrogen and oxygen atoms in total. The van der Waals surface area contributed by atoms with Crippen LogP contribution in [0.2, 0.25) is 5.02 Å². The molecule has 0 heterocycles. The van der Waals surface area contributed by atoms with Gasteiger partial charge in [0.15, 0.2) is 0 Å². The smallest absolute Gasteiger partial charge is 0.358 e. The Morgan fingerprint density at radius 3 is 2.50 bits per heavy atom. The Morgan fingerprint density at radius 1 is 1.33 bits per heavy atom. The first-order valence-electron chi connectivity index (χ1n) is 4.96. The van der Waals surface area contributed by atoms with Crippen molar-refractivity contribution in [3.63, 3.8) is 0 Å². The molecule has 0 bridgehead atoms. The van der Waals surface area contributed by atoms with Gasteiger partial charge in [0.05, 0.1) is 5.02 Å². The summed E-state index contributed by atoms with van der Waals surface area (Å²) in [4.78, 5) is 11.3. The lowest BCUT2D eigenvalue weighted by atomic mass is 10.3. The summed E-state index contributed by atoms with van der Waals surface area (Å²) >= 11 is 22.0. The number of hydrogen-bond acceptors (Lipinski definition) is 3. The van der Waals surface area contributed by atoms with Crippen molar-refractivity contribution >= 4 is 52.4 Å². The maximum absolute atomic E-state index is 11.3. The van der Waals surface area contributed by atoms with Crippen LogP contribution in [0.15, 0.2) is 24.3 Å². The molecule has 0 spiro atoms. The van der Waals surface area contributed by atoms with Gasteiger partial charge in [0.1, 0.15) is 18.5 Å². The van der Waals surface area contributed by atoms with Crippen molar-refractivity contribution in [3.05, 3.63) is 29.3 Å². The fraction of sp³-hybridized carbons (Fsp3) is 0.364. The zero-order valence-electron chi connectivity index (χ0n) is 9.33. The molecule has 0 aliphatic heterocycles. The summed E-state index contributed by atoms with van der Waals surface area (Å²) in [7, 11) is 0. The summed E-state index contributed by atoms with van der Waals surface area (Å²) < 4.78 is 8.16. The van der Waals surface area contributed by atoms with Crippen LogP contribution in [-0.2, 0) is 9.53 Å². The number of carbonyl (C=O) groups is 1. The van der Waals surface area contributed by atoms with E-state index in [-0.39, 0.29) is 6.61 Å². The summed E-state index contributed by atoms with van der Waals surface area (Å²) in [6.07, 6.45) is -0.565. The average Bonchev–Trinajstić information content (AvgIpc) is 2.26. The molecular weight excluding hydrogens is 322 g/mol. The number of para-hydroxylation sites is 1. The van der Waals surface area contributed by atoms with Gasteiger partial charge in [0.2, 0.25) is 0 Å². The Morgan fingerprint density at radius 2 is 1.94 bits per heavy atom. The number of rotatable bonds is 4. The minimum Gasteiger partial charge on any atom is -0.488 e. The van der Waals surface area contributed by atoms with Crippen molar-refractivity contribution in [2.45, 2.75) is 16.8 Å². The topological polar surface area (TPSA) is 35.5 Å². The third kappa shape index (κ3) is 5.11. The van der Waals surface area contributed by atoms with Crippen LogP contribution >= 0.6 is 46.4 Å². The molecule has 1 aromatic carbocycles. The molecule has 100 valence electrons. The van der Waals surface area contributed by atoms with Crippen LogP contribution in [0.25, 0.3) is 0 Å². The van der Waals surface area contributed by atoms with Gasteiger partial charge in [0, 0.05) is 0 Å². The Labute approximate surface area is 125 Å². The van der Waals surface area contributed by atoms with Crippen LogP contribution < -0.4 is 4.74 Å². The lowest BCUT2D eigenvalue weighted by Crippen LogP contribution is -2.29. The molecule has 0 aliphatic rings. The van der Waals surface area contributed by atoms with Crippen LogP contribution in [-0.4, -0.2) is 22.5 Å².